The summed E-state index contributed by atoms with van der Waals surface area (Å²) < 4.78 is 34.7. The van der Waals surface area contributed by atoms with E-state index in [1.165, 1.54) is 23.9 Å². The number of halogens is 2. The minimum Gasteiger partial charge on any atom is -0.481 e. The first-order chi connectivity index (χ1) is 16.3. The molecule has 34 heavy (non-hydrogen) atoms. The fourth-order valence-electron chi connectivity index (χ4n) is 4.98. The maximum Gasteiger partial charge on any atom is 0.257 e. The molecule has 0 bridgehead atoms. The van der Waals surface area contributed by atoms with E-state index < -0.39 is 22.6 Å². The number of hydrogen-bond acceptors (Lipinski definition) is 5. The van der Waals surface area contributed by atoms with Gasteiger partial charge >= 0.3 is 0 Å². The highest BCUT2D eigenvalue weighted by Gasteiger charge is 2.56. The smallest absolute Gasteiger partial charge is 0.257 e. The van der Waals surface area contributed by atoms with Gasteiger partial charge in [-0.15, -0.1) is 0 Å². The number of methoxy groups -OCH3 is 1. The van der Waals surface area contributed by atoms with Crippen LogP contribution in [0.25, 0.3) is 0 Å². The molecule has 1 aliphatic carbocycles. The van der Waals surface area contributed by atoms with Crippen LogP contribution in [0.15, 0.2) is 65.8 Å². The number of carbonyl (C=O) groups is 1. The molecule has 0 radical (unpaired) electrons. The molecule has 2 aromatic carbocycles. The summed E-state index contributed by atoms with van der Waals surface area (Å²) in [4.78, 5) is 22.2. The topological polar surface area (TPSA) is 63.6 Å². The van der Waals surface area contributed by atoms with E-state index in [4.69, 9.17) is 9.73 Å². The van der Waals surface area contributed by atoms with Crippen molar-refractivity contribution in [2.45, 2.75) is 25.3 Å². The maximum atomic E-state index is 15.3. The summed E-state index contributed by atoms with van der Waals surface area (Å²) in [6.07, 6.45) is 2.62. The molecule has 0 saturated carbocycles. The number of rotatable bonds is 3. The van der Waals surface area contributed by atoms with Crippen LogP contribution in [0.4, 0.5) is 8.78 Å². The number of nitrogens with zero attached hydrogens (tertiary/aromatic N) is 2. The first kappa shape index (κ1) is 22.5. The second-order valence-electron chi connectivity index (χ2n) is 8.88. The van der Waals surface area contributed by atoms with Crippen LogP contribution >= 0.6 is 11.8 Å². The number of hydrogen-bond donors (Lipinski definition) is 1. The number of fused-ring (bicyclic) bond motifs is 2. The molecule has 174 valence electrons. The van der Waals surface area contributed by atoms with E-state index in [9.17, 15) is 9.18 Å². The molecular weight excluding hydrogens is 456 g/mol. The van der Waals surface area contributed by atoms with E-state index in [1.54, 1.807) is 37.6 Å². The van der Waals surface area contributed by atoms with Crippen molar-refractivity contribution in [3.05, 3.63) is 94.7 Å². The number of nitrogens with one attached hydrogen (secondary N) is 1. The zero-order chi connectivity index (χ0) is 23.9. The van der Waals surface area contributed by atoms with Gasteiger partial charge in [0.1, 0.15) is 17.2 Å². The van der Waals surface area contributed by atoms with Gasteiger partial charge in [0.25, 0.3) is 5.91 Å². The number of ether oxygens (including phenoxy) is 1. The summed E-state index contributed by atoms with van der Waals surface area (Å²) in [5, 5.41) is 3.30. The van der Waals surface area contributed by atoms with Crippen molar-refractivity contribution >= 4 is 22.8 Å². The Morgan fingerprint density at radius 2 is 1.91 bits per heavy atom. The molecule has 1 amide bonds. The largest absolute Gasteiger partial charge is 0.481 e. The average molecular weight is 480 g/mol. The molecule has 1 aromatic heterocycles. The first-order valence-electron chi connectivity index (χ1n) is 10.9. The Hall–Kier alpha value is -3.26. The molecule has 5 rings (SSSR count). The van der Waals surface area contributed by atoms with E-state index in [-0.39, 0.29) is 5.91 Å². The molecule has 1 aliphatic heterocycles. The number of aliphatic imine (C=N–C) groups is 1. The Morgan fingerprint density at radius 3 is 2.65 bits per heavy atom. The van der Waals surface area contributed by atoms with Gasteiger partial charge in [0.15, 0.2) is 5.17 Å². The number of benzene rings is 2. The quantitative estimate of drug-likeness (QED) is 0.580. The lowest BCUT2D eigenvalue weighted by atomic mass is 9.59. The second-order valence-corrected chi connectivity index (χ2v) is 9.85. The van der Waals surface area contributed by atoms with Crippen LogP contribution in [0.3, 0.4) is 0 Å². The summed E-state index contributed by atoms with van der Waals surface area (Å²) in [6, 6.07) is 14.4. The van der Waals surface area contributed by atoms with Gasteiger partial charge in [-0.05, 0) is 36.2 Å². The van der Waals surface area contributed by atoms with Crippen LogP contribution in [0, 0.1) is 17.0 Å². The van der Waals surface area contributed by atoms with Crippen molar-refractivity contribution < 1.29 is 18.3 Å². The highest BCUT2D eigenvalue weighted by atomic mass is 32.2. The van der Waals surface area contributed by atoms with Crippen molar-refractivity contribution in [3.8, 4) is 5.88 Å². The van der Waals surface area contributed by atoms with Gasteiger partial charge in [0, 0.05) is 46.5 Å². The van der Waals surface area contributed by atoms with Gasteiger partial charge in [-0.25, -0.2) is 18.8 Å². The lowest BCUT2D eigenvalue weighted by Crippen LogP contribution is -2.54. The van der Waals surface area contributed by atoms with Crippen LogP contribution in [-0.4, -0.2) is 28.9 Å². The van der Waals surface area contributed by atoms with Gasteiger partial charge in [0.05, 0.1) is 7.11 Å². The highest BCUT2D eigenvalue weighted by Crippen LogP contribution is 2.57. The molecule has 5 nitrogen and oxygen atoms in total. The summed E-state index contributed by atoms with van der Waals surface area (Å²) in [6.45, 7) is 2.07. The number of amidine groups is 1. The van der Waals surface area contributed by atoms with Crippen molar-refractivity contribution in [2.75, 3.05) is 12.9 Å². The molecule has 8 heteroatoms. The van der Waals surface area contributed by atoms with Crippen LogP contribution in [-0.2, 0) is 18.4 Å². The number of carbonyl (C=O) groups excluding carboxylic acids is 1. The van der Waals surface area contributed by atoms with Crippen molar-refractivity contribution in [1.82, 2.24) is 10.3 Å². The Kier molecular flexibility index (Phi) is 5.64. The first-order valence-corrected chi connectivity index (χ1v) is 11.9. The Balaban J connectivity index is 1.66. The van der Waals surface area contributed by atoms with Gasteiger partial charge in [-0.2, -0.15) is 0 Å². The average Bonchev–Trinajstić information content (AvgIpc) is 2.83. The van der Waals surface area contributed by atoms with Gasteiger partial charge in [-0.1, -0.05) is 43.0 Å². The van der Waals surface area contributed by atoms with Crippen molar-refractivity contribution in [2.24, 2.45) is 10.4 Å². The lowest BCUT2D eigenvalue weighted by molar-refractivity contribution is 0.0975. The standard InChI is InChI=1S/C26H23F2N3O2S/c1-25-13-17-10-11-29-23(33-2)19(17)14-26(25,20-9-8-18(27)12-21(20)28)31-24(34-15-25)30-22(32)16-6-4-3-5-7-16/h3-12H,13-15H2,1-2H3,(H,30,31,32)/t25-,26+/m1/s1. The maximum absolute atomic E-state index is 15.3. The predicted molar refractivity (Wildman–Crippen MR) is 128 cm³/mol. The highest BCUT2D eigenvalue weighted by molar-refractivity contribution is 8.14. The Labute approximate surface area is 200 Å². The predicted octanol–water partition coefficient (Wildman–Crippen LogP) is 4.90. The molecule has 0 unspecified atom stereocenters. The Morgan fingerprint density at radius 1 is 1.12 bits per heavy atom. The number of thioether (sulfide) groups is 1. The summed E-state index contributed by atoms with van der Waals surface area (Å²) in [5.74, 6) is -0.559. The minimum absolute atomic E-state index is 0.291. The molecule has 0 saturated heterocycles. The number of aromatic nitrogens is 1. The molecule has 0 fully saturated rings. The lowest BCUT2D eigenvalue weighted by Gasteiger charge is -2.52. The van der Waals surface area contributed by atoms with Crippen LogP contribution in [0.5, 0.6) is 5.88 Å². The zero-order valence-electron chi connectivity index (χ0n) is 18.8. The van der Waals surface area contributed by atoms with E-state index >= 15 is 4.39 Å². The molecule has 3 aromatic rings. The molecule has 1 N–H and O–H groups in total. The molecule has 2 atom stereocenters. The molecule has 2 heterocycles. The minimum atomic E-state index is -1.08. The van der Waals surface area contributed by atoms with Gasteiger partial charge in [0.2, 0.25) is 5.88 Å². The molecular formula is C26H23F2N3O2S. The van der Waals surface area contributed by atoms with Crippen LogP contribution < -0.4 is 10.1 Å². The zero-order valence-corrected chi connectivity index (χ0v) is 19.6. The SMILES string of the molecule is COc1nccc2c1C[C@@]1(c3ccc(F)cc3F)N=C(NC(=O)c3ccccc3)SC[C@@]1(C)C2. The summed E-state index contributed by atoms with van der Waals surface area (Å²) >= 11 is 1.43. The number of pyridine rings is 1. The number of amides is 1. The molecule has 2 aliphatic rings. The second kappa shape index (κ2) is 8.51. The van der Waals surface area contributed by atoms with E-state index in [0.717, 1.165) is 17.2 Å². The molecule has 0 spiro atoms. The summed E-state index contributed by atoms with van der Waals surface area (Å²) in [7, 11) is 1.55. The normalized spacial score (nSPS) is 23.4. The van der Waals surface area contributed by atoms with E-state index in [2.05, 4.69) is 17.2 Å². The van der Waals surface area contributed by atoms with Gasteiger partial charge < -0.3 is 10.1 Å². The van der Waals surface area contributed by atoms with Crippen LogP contribution in [0.2, 0.25) is 0 Å². The third kappa shape index (κ3) is 3.66. The van der Waals surface area contributed by atoms with E-state index in [1.807, 2.05) is 12.1 Å². The Bertz CT molecular complexity index is 1300. The third-order valence-corrected chi connectivity index (χ3v) is 8.02. The van der Waals surface area contributed by atoms with Crippen molar-refractivity contribution in [1.29, 1.82) is 0 Å². The monoisotopic (exact) mass is 479 g/mol. The van der Waals surface area contributed by atoms with E-state index in [0.29, 0.717) is 40.8 Å². The van der Waals surface area contributed by atoms with Crippen molar-refractivity contribution in [3.63, 3.8) is 0 Å². The third-order valence-electron chi connectivity index (χ3n) is 6.77. The van der Waals surface area contributed by atoms with Crippen LogP contribution in [0.1, 0.15) is 34.0 Å². The summed E-state index contributed by atoms with van der Waals surface area (Å²) in [5.41, 5.74) is 1.12. The van der Waals surface area contributed by atoms with Gasteiger partial charge in [-0.3, -0.25) is 4.79 Å². The fourth-order valence-corrected chi connectivity index (χ4v) is 6.17. The fraction of sp³-hybridized carbons (Fsp3) is 0.269.